The van der Waals surface area contributed by atoms with Crippen LogP contribution in [0.2, 0.25) is 0 Å². The van der Waals surface area contributed by atoms with Gasteiger partial charge in [0.2, 0.25) is 0 Å². The van der Waals surface area contributed by atoms with Gasteiger partial charge in [-0.05, 0) is 0 Å². The van der Waals surface area contributed by atoms with Crippen molar-refractivity contribution >= 4 is 16.9 Å². The van der Waals surface area contributed by atoms with Gasteiger partial charge < -0.3 is 9.47 Å². The van der Waals surface area contributed by atoms with Crippen LogP contribution in [0.15, 0.2) is 12.1 Å². The minimum absolute atomic E-state index is 0.137. The summed E-state index contributed by atoms with van der Waals surface area (Å²) in [5.41, 5.74) is -0.937. The van der Waals surface area contributed by atoms with Crippen molar-refractivity contribution in [3.05, 3.63) is 35.3 Å². The third-order valence-corrected chi connectivity index (χ3v) is 2.51. The van der Waals surface area contributed by atoms with Crippen LogP contribution < -0.4 is 4.74 Å². The van der Waals surface area contributed by atoms with Gasteiger partial charge in [-0.25, -0.2) is 22.9 Å². The Morgan fingerprint density at radius 2 is 1.84 bits per heavy atom. The molecule has 7 heteroatoms. The molecule has 1 aromatic heterocycles. The summed E-state index contributed by atoms with van der Waals surface area (Å²) in [6.07, 6.45) is 0. The van der Waals surface area contributed by atoms with Gasteiger partial charge in [0, 0.05) is 12.1 Å². The molecule has 0 unspecified atom stereocenters. The second-order valence-corrected chi connectivity index (χ2v) is 3.58. The van der Waals surface area contributed by atoms with E-state index < -0.39 is 28.9 Å². The Morgan fingerprint density at radius 1 is 1.16 bits per heavy atom. The fraction of sp³-hybridized carbons (Fsp3) is 0.167. The number of hydrogen-bond acceptors (Lipinski definition) is 4. The number of rotatable bonds is 2. The lowest BCUT2D eigenvalue weighted by Crippen LogP contribution is -2.07. The zero-order chi connectivity index (χ0) is 14.2. The largest absolute Gasteiger partial charge is 0.496 e. The highest BCUT2D eigenvalue weighted by Crippen LogP contribution is 2.31. The summed E-state index contributed by atoms with van der Waals surface area (Å²) < 4.78 is 49.7. The number of esters is 1. The smallest absolute Gasteiger partial charge is 0.356 e. The van der Waals surface area contributed by atoms with Crippen molar-refractivity contribution in [3.8, 4) is 5.75 Å². The summed E-state index contributed by atoms with van der Waals surface area (Å²) in [5.74, 6) is -4.80. The van der Waals surface area contributed by atoms with Crippen molar-refractivity contribution in [1.29, 1.82) is 0 Å². The minimum Gasteiger partial charge on any atom is -0.496 e. The summed E-state index contributed by atoms with van der Waals surface area (Å²) in [5, 5.41) is -0.339. The predicted octanol–water partition coefficient (Wildman–Crippen LogP) is 2.45. The van der Waals surface area contributed by atoms with Crippen LogP contribution in [0.3, 0.4) is 0 Å². The number of methoxy groups -OCH3 is 2. The van der Waals surface area contributed by atoms with E-state index in [1.54, 1.807) is 0 Å². The average molecular weight is 271 g/mol. The molecule has 4 nitrogen and oxygen atoms in total. The summed E-state index contributed by atoms with van der Waals surface area (Å²) in [4.78, 5) is 14.9. The zero-order valence-corrected chi connectivity index (χ0v) is 9.96. The van der Waals surface area contributed by atoms with E-state index >= 15 is 0 Å². The Labute approximate surface area is 105 Å². The minimum atomic E-state index is -1.40. The van der Waals surface area contributed by atoms with Crippen molar-refractivity contribution in [3.63, 3.8) is 0 Å². The number of halogens is 3. The molecule has 2 rings (SSSR count). The van der Waals surface area contributed by atoms with Crippen LogP contribution in [0.5, 0.6) is 5.75 Å². The molecule has 0 aliphatic heterocycles. The van der Waals surface area contributed by atoms with Gasteiger partial charge >= 0.3 is 5.97 Å². The van der Waals surface area contributed by atoms with Crippen molar-refractivity contribution < 1.29 is 27.4 Å². The molecule has 100 valence electrons. The number of hydrogen-bond donors (Lipinski definition) is 0. The van der Waals surface area contributed by atoms with Gasteiger partial charge in [-0.3, -0.25) is 0 Å². The first-order chi connectivity index (χ1) is 8.99. The Morgan fingerprint density at radius 3 is 2.42 bits per heavy atom. The van der Waals surface area contributed by atoms with Crippen LogP contribution in [0.4, 0.5) is 13.2 Å². The number of aromatic nitrogens is 1. The molecule has 0 amide bonds. The molecular weight excluding hydrogens is 263 g/mol. The van der Waals surface area contributed by atoms with Crippen LogP contribution in [-0.2, 0) is 4.74 Å². The molecule has 1 heterocycles. The average Bonchev–Trinajstić information content (AvgIpc) is 2.42. The SMILES string of the molecule is COC(=O)c1cc(OC)c2c(F)cc(F)c(F)c2n1. The predicted molar refractivity (Wildman–Crippen MR) is 59.5 cm³/mol. The van der Waals surface area contributed by atoms with Crippen LogP contribution in [0.25, 0.3) is 10.9 Å². The molecule has 0 radical (unpaired) electrons. The quantitative estimate of drug-likeness (QED) is 0.621. The van der Waals surface area contributed by atoms with Gasteiger partial charge in [0.25, 0.3) is 0 Å². The van der Waals surface area contributed by atoms with E-state index in [4.69, 9.17) is 4.74 Å². The molecule has 19 heavy (non-hydrogen) atoms. The molecule has 0 fully saturated rings. The van der Waals surface area contributed by atoms with Gasteiger partial charge in [-0.15, -0.1) is 0 Å². The monoisotopic (exact) mass is 271 g/mol. The summed E-state index contributed by atoms with van der Waals surface area (Å²) >= 11 is 0. The summed E-state index contributed by atoms with van der Waals surface area (Å²) in [6.45, 7) is 0. The van der Waals surface area contributed by atoms with Gasteiger partial charge in [0.1, 0.15) is 17.1 Å². The van der Waals surface area contributed by atoms with Crippen molar-refractivity contribution in [2.45, 2.75) is 0 Å². The van der Waals surface area contributed by atoms with E-state index in [2.05, 4.69) is 9.72 Å². The standard InChI is InChI=1S/C12H8F3NO3/c1-18-8-4-7(12(17)19-2)16-11-9(8)5(13)3-6(14)10(11)15/h3-4H,1-2H3. The molecular formula is C12H8F3NO3. The molecule has 0 aliphatic rings. The number of carbonyl (C=O) groups excluding carboxylic acids is 1. The zero-order valence-electron chi connectivity index (χ0n) is 9.96. The topological polar surface area (TPSA) is 48.4 Å². The molecule has 1 aromatic carbocycles. The Hall–Kier alpha value is -2.31. The molecule has 0 spiro atoms. The van der Waals surface area contributed by atoms with E-state index in [-0.39, 0.29) is 16.8 Å². The first-order valence-electron chi connectivity index (χ1n) is 5.10. The van der Waals surface area contributed by atoms with Gasteiger partial charge in [-0.1, -0.05) is 0 Å². The lowest BCUT2D eigenvalue weighted by Gasteiger charge is -2.09. The first kappa shape index (κ1) is 13.1. The fourth-order valence-electron chi connectivity index (χ4n) is 1.64. The number of benzene rings is 1. The maximum Gasteiger partial charge on any atom is 0.356 e. The van der Waals surface area contributed by atoms with Crippen LogP contribution in [0, 0.1) is 17.5 Å². The van der Waals surface area contributed by atoms with Crippen molar-refractivity contribution in [2.75, 3.05) is 14.2 Å². The van der Waals surface area contributed by atoms with E-state index in [9.17, 15) is 18.0 Å². The molecule has 0 N–H and O–H groups in total. The van der Waals surface area contributed by atoms with E-state index in [1.807, 2.05) is 0 Å². The number of carbonyl (C=O) groups is 1. The third kappa shape index (κ3) is 2.07. The Bertz CT molecular complexity index is 673. The van der Waals surface area contributed by atoms with Gasteiger partial charge in [-0.2, -0.15) is 0 Å². The maximum atomic E-state index is 13.6. The highest BCUT2D eigenvalue weighted by Gasteiger charge is 2.21. The highest BCUT2D eigenvalue weighted by atomic mass is 19.2. The second-order valence-electron chi connectivity index (χ2n) is 3.58. The van der Waals surface area contributed by atoms with Crippen LogP contribution >= 0.6 is 0 Å². The van der Waals surface area contributed by atoms with Crippen molar-refractivity contribution in [2.24, 2.45) is 0 Å². The Balaban J connectivity index is 2.89. The molecule has 2 aromatic rings. The van der Waals surface area contributed by atoms with E-state index in [1.165, 1.54) is 7.11 Å². The number of ether oxygens (including phenoxy) is 2. The van der Waals surface area contributed by atoms with Crippen LogP contribution in [-0.4, -0.2) is 25.2 Å². The highest BCUT2D eigenvalue weighted by molar-refractivity contribution is 5.94. The molecule has 0 saturated heterocycles. The molecule has 0 bridgehead atoms. The fourth-order valence-corrected chi connectivity index (χ4v) is 1.64. The molecule has 0 atom stereocenters. The normalized spacial score (nSPS) is 10.6. The lowest BCUT2D eigenvalue weighted by atomic mass is 10.1. The lowest BCUT2D eigenvalue weighted by molar-refractivity contribution is 0.0594. The third-order valence-electron chi connectivity index (χ3n) is 2.51. The number of pyridine rings is 1. The second kappa shape index (κ2) is 4.75. The van der Waals surface area contributed by atoms with Crippen molar-refractivity contribution in [1.82, 2.24) is 4.98 Å². The maximum absolute atomic E-state index is 13.6. The number of fused-ring (bicyclic) bond motifs is 1. The number of nitrogens with zero attached hydrogens (tertiary/aromatic N) is 1. The van der Waals surface area contributed by atoms with Crippen LogP contribution in [0.1, 0.15) is 10.5 Å². The molecule has 0 saturated carbocycles. The summed E-state index contributed by atoms with van der Waals surface area (Å²) in [7, 11) is 2.31. The van der Waals surface area contributed by atoms with Gasteiger partial charge in [0.05, 0.1) is 19.6 Å². The first-order valence-corrected chi connectivity index (χ1v) is 5.10. The van der Waals surface area contributed by atoms with E-state index in [0.29, 0.717) is 6.07 Å². The van der Waals surface area contributed by atoms with E-state index in [0.717, 1.165) is 13.2 Å². The van der Waals surface area contributed by atoms with Gasteiger partial charge in [0.15, 0.2) is 17.3 Å². The Kier molecular flexibility index (Phi) is 3.28. The molecule has 0 aliphatic carbocycles. The summed E-state index contributed by atoms with van der Waals surface area (Å²) in [6, 6.07) is 1.48.